The highest BCUT2D eigenvalue weighted by Gasteiger charge is 2.13. The first-order valence-electron chi connectivity index (χ1n) is 8.11. The second-order valence-electron chi connectivity index (χ2n) is 5.36. The Morgan fingerprint density at radius 3 is 1.91 bits per heavy atom. The van der Waals surface area contributed by atoms with Crippen molar-refractivity contribution in [3.8, 4) is 0 Å². The van der Waals surface area contributed by atoms with E-state index in [0.717, 1.165) is 6.42 Å². The van der Waals surface area contributed by atoms with Crippen LogP contribution in [0.25, 0.3) is 0 Å². The molecule has 4 heteroatoms. The zero-order valence-corrected chi connectivity index (χ0v) is 13.5. The molecule has 1 aromatic carbocycles. The van der Waals surface area contributed by atoms with Gasteiger partial charge in [0.1, 0.15) is 5.70 Å². The lowest BCUT2D eigenvalue weighted by Crippen LogP contribution is -2.17. The second-order valence-corrected chi connectivity index (χ2v) is 5.36. The number of aliphatic hydroxyl groups is 1. The maximum atomic E-state index is 10.3. The maximum Gasteiger partial charge on any atom is 0.268 e. The van der Waals surface area contributed by atoms with Gasteiger partial charge in [-0.25, -0.2) is 0 Å². The Balaban J connectivity index is 0.000000169. The molecule has 0 bridgehead atoms. The van der Waals surface area contributed by atoms with Crippen LogP contribution in [0.1, 0.15) is 44.1 Å². The van der Waals surface area contributed by atoms with Crippen molar-refractivity contribution in [1.82, 2.24) is 10.6 Å². The lowest BCUT2D eigenvalue weighted by atomic mass is 10.0. The van der Waals surface area contributed by atoms with E-state index in [0.29, 0.717) is 5.70 Å². The van der Waals surface area contributed by atoms with Crippen molar-refractivity contribution in [3.05, 3.63) is 47.8 Å². The Morgan fingerprint density at radius 1 is 1.09 bits per heavy atom. The van der Waals surface area contributed by atoms with Gasteiger partial charge in [-0.3, -0.25) is 4.79 Å². The van der Waals surface area contributed by atoms with Gasteiger partial charge in [0.05, 0.1) is 0 Å². The van der Waals surface area contributed by atoms with Crippen molar-refractivity contribution in [1.29, 1.82) is 0 Å². The summed E-state index contributed by atoms with van der Waals surface area (Å²) >= 11 is 0. The van der Waals surface area contributed by atoms with Gasteiger partial charge < -0.3 is 15.7 Å². The molecule has 0 unspecified atom stereocenters. The molecule has 1 aromatic rings. The first kappa shape index (κ1) is 18.2. The van der Waals surface area contributed by atoms with Gasteiger partial charge in [0, 0.05) is 19.9 Å². The zero-order valence-electron chi connectivity index (χ0n) is 13.5. The molecule has 1 fully saturated rings. The van der Waals surface area contributed by atoms with Crippen LogP contribution in [0.2, 0.25) is 0 Å². The number of benzene rings is 1. The van der Waals surface area contributed by atoms with E-state index in [-0.39, 0.29) is 12.5 Å². The highest BCUT2D eigenvalue weighted by atomic mass is 16.2. The summed E-state index contributed by atoms with van der Waals surface area (Å²) in [5.41, 5.74) is 1.86. The molecule has 1 heterocycles. The second kappa shape index (κ2) is 11.8. The van der Waals surface area contributed by atoms with Gasteiger partial charge in [0.25, 0.3) is 5.91 Å². The number of nitrogens with one attached hydrogen (secondary N) is 2. The van der Waals surface area contributed by atoms with E-state index in [1.807, 2.05) is 30.3 Å². The summed E-state index contributed by atoms with van der Waals surface area (Å²) in [4.78, 5) is 10.3. The predicted molar refractivity (Wildman–Crippen MR) is 90.2 cm³/mol. The van der Waals surface area contributed by atoms with Crippen LogP contribution in [-0.4, -0.2) is 24.7 Å². The first-order chi connectivity index (χ1) is 10.8. The topological polar surface area (TPSA) is 71.3 Å². The minimum atomic E-state index is -0.0417. The van der Waals surface area contributed by atoms with Gasteiger partial charge in [-0.15, -0.1) is 0 Å². The van der Waals surface area contributed by atoms with Crippen LogP contribution < -0.4 is 10.6 Å². The van der Waals surface area contributed by atoms with Crippen molar-refractivity contribution in [3.63, 3.8) is 0 Å². The van der Waals surface area contributed by atoms with Crippen LogP contribution in [0.15, 0.2) is 42.2 Å². The minimum Gasteiger partial charge on any atom is -0.396 e. The van der Waals surface area contributed by atoms with Crippen molar-refractivity contribution in [2.75, 3.05) is 13.7 Å². The summed E-state index contributed by atoms with van der Waals surface area (Å²) in [6.45, 7) is 0.240. The molecule has 3 N–H and O–H groups in total. The molecule has 1 saturated carbocycles. The Morgan fingerprint density at radius 2 is 1.59 bits per heavy atom. The monoisotopic (exact) mass is 304 g/mol. The summed E-state index contributed by atoms with van der Waals surface area (Å²) in [5, 5.41) is 13.6. The normalized spacial score (nSPS) is 14.9. The van der Waals surface area contributed by atoms with Crippen LogP contribution in [0.4, 0.5) is 0 Å². The summed E-state index contributed by atoms with van der Waals surface area (Å²) < 4.78 is 0. The van der Waals surface area contributed by atoms with Gasteiger partial charge in [-0.2, -0.15) is 0 Å². The standard InChI is InChI=1S/C8H10O.C6H12.C4H6N2O/c9-7-6-8-4-2-1-3-5-8;1-2-4-6-5-3-1;1-5-4(7)3-2-6-3/h1-5,9H,6-7H2;1-6H2;2,6H,1H3,(H,5,7). The third-order valence-electron chi connectivity index (χ3n) is 3.50. The molecule has 22 heavy (non-hydrogen) atoms. The molecule has 3 rings (SSSR count). The molecule has 1 aliphatic carbocycles. The molecule has 0 aromatic heterocycles. The van der Waals surface area contributed by atoms with Crippen LogP contribution in [0.3, 0.4) is 0 Å². The zero-order chi connectivity index (χ0) is 16.0. The maximum absolute atomic E-state index is 10.3. The lowest BCUT2D eigenvalue weighted by Gasteiger charge is -2.05. The van der Waals surface area contributed by atoms with E-state index in [1.165, 1.54) is 44.1 Å². The number of hydrogen-bond acceptors (Lipinski definition) is 3. The molecular formula is C18H28N2O2. The third-order valence-corrected chi connectivity index (χ3v) is 3.50. The van der Waals surface area contributed by atoms with Gasteiger partial charge >= 0.3 is 0 Å². The van der Waals surface area contributed by atoms with Crippen LogP contribution in [-0.2, 0) is 11.2 Å². The van der Waals surface area contributed by atoms with Crippen LogP contribution in [0, 0.1) is 0 Å². The molecule has 2 aliphatic rings. The summed E-state index contributed by atoms with van der Waals surface area (Å²) in [6, 6.07) is 9.95. The Bertz CT molecular complexity index is 428. The van der Waals surface area contributed by atoms with Gasteiger partial charge in [-0.1, -0.05) is 68.9 Å². The predicted octanol–water partition coefficient (Wildman–Crippen LogP) is 2.74. The van der Waals surface area contributed by atoms with E-state index in [9.17, 15) is 4.79 Å². The molecule has 0 saturated heterocycles. The summed E-state index contributed by atoms with van der Waals surface area (Å²) in [7, 11) is 1.60. The van der Waals surface area contributed by atoms with E-state index < -0.39 is 0 Å². The molecule has 0 atom stereocenters. The van der Waals surface area contributed by atoms with E-state index >= 15 is 0 Å². The number of amides is 1. The highest BCUT2D eigenvalue weighted by molar-refractivity contribution is 5.95. The Labute approximate surface area is 133 Å². The molecule has 1 amide bonds. The van der Waals surface area contributed by atoms with Crippen LogP contribution >= 0.6 is 0 Å². The van der Waals surface area contributed by atoms with Crippen molar-refractivity contribution >= 4 is 5.91 Å². The van der Waals surface area contributed by atoms with E-state index in [2.05, 4.69) is 10.6 Å². The van der Waals surface area contributed by atoms with Crippen LogP contribution in [0.5, 0.6) is 0 Å². The lowest BCUT2D eigenvalue weighted by molar-refractivity contribution is -0.116. The Kier molecular flexibility index (Phi) is 9.79. The molecule has 4 nitrogen and oxygen atoms in total. The van der Waals surface area contributed by atoms with Crippen molar-refractivity contribution in [2.45, 2.75) is 44.9 Å². The van der Waals surface area contributed by atoms with Crippen molar-refractivity contribution < 1.29 is 9.90 Å². The number of carbonyl (C=O) groups is 1. The number of hydrogen-bond donors (Lipinski definition) is 3. The van der Waals surface area contributed by atoms with Crippen molar-refractivity contribution in [2.24, 2.45) is 0 Å². The number of aliphatic hydroxyl groups excluding tert-OH is 1. The molecule has 122 valence electrons. The molecule has 0 radical (unpaired) electrons. The Hall–Kier alpha value is -1.81. The average Bonchev–Trinajstić information content (AvgIpc) is 3.43. The first-order valence-corrected chi connectivity index (χ1v) is 8.11. The number of carbonyl (C=O) groups excluding carboxylic acids is 1. The number of likely N-dealkylation sites (N-methyl/N-ethyl adjacent to an activating group) is 1. The SMILES string of the molecule is C1CCCCC1.CNC(=O)C1=CN1.OCCc1ccccc1. The minimum absolute atomic E-state index is 0.0417. The fourth-order valence-corrected chi connectivity index (χ4v) is 2.14. The smallest absolute Gasteiger partial charge is 0.268 e. The molecule has 1 aliphatic heterocycles. The van der Waals surface area contributed by atoms with E-state index in [4.69, 9.17) is 5.11 Å². The fourth-order valence-electron chi connectivity index (χ4n) is 2.14. The quantitative estimate of drug-likeness (QED) is 0.804. The molecule has 0 spiro atoms. The number of rotatable bonds is 3. The fraction of sp³-hybridized carbons (Fsp3) is 0.500. The summed E-state index contributed by atoms with van der Waals surface area (Å²) in [5.74, 6) is -0.0417. The van der Waals surface area contributed by atoms with Gasteiger partial charge in [-0.05, 0) is 12.0 Å². The molecular weight excluding hydrogens is 276 g/mol. The summed E-state index contributed by atoms with van der Waals surface area (Å²) in [6.07, 6.45) is 11.4. The average molecular weight is 304 g/mol. The highest BCUT2D eigenvalue weighted by Crippen LogP contribution is 2.15. The largest absolute Gasteiger partial charge is 0.396 e. The van der Waals surface area contributed by atoms with E-state index in [1.54, 1.807) is 13.2 Å². The van der Waals surface area contributed by atoms with Gasteiger partial charge in [0.15, 0.2) is 0 Å². The van der Waals surface area contributed by atoms with Gasteiger partial charge in [0.2, 0.25) is 0 Å². The third kappa shape index (κ3) is 9.19.